The maximum absolute atomic E-state index is 6.05. The van der Waals surface area contributed by atoms with Gasteiger partial charge in [-0.05, 0) is 23.8 Å². The lowest BCUT2D eigenvalue weighted by Crippen LogP contribution is -2.26. The van der Waals surface area contributed by atoms with Gasteiger partial charge in [-0.1, -0.05) is 12.1 Å². The standard InChI is InChI=1S/C13H13N3OS/c14-12-11-8(7-18)3-1-4-9(11)15-13(16-12)10-5-2-6-17-10/h1-6,13,15,18H,7H2,(H2,14,16). The largest absolute Gasteiger partial charge is 0.465 e. The van der Waals surface area contributed by atoms with Crippen molar-refractivity contribution in [2.75, 3.05) is 5.32 Å². The highest BCUT2D eigenvalue weighted by atomic mass is 32.1. The molecule has 0 saturated carbocycles. The van der Waals surface area contributed by atoms with E-state index in [1.165, 1.54) is 0 Å². The van der Waals surface area contributed by atoms with Gasteiger partial charge in [-0.15, -0.1) is 0 Å². The third-order valence-corrected chi connectivity index (χ3v) is 3.29. The van der Waals surface area contributed by atoms with Gasteiger partial charge in [0, 0.05) is 17.0 Å². The van der Waals surface area contributed by atoms with Gasteiger partial charge in [0.05, 0.1) is 6.26 Å². The third kappa shape index (κ3) is 1.76. The minimum absolute atomic E-state index is 0.261. The van der Waals surface area contributed by atoms with Gasteiger partial charge in [-0.2, -0.15) is 12.6 Å². The predicted molar refractivity (Wildman–Crippen MR) is 74.9 cm³/mol. The summed E-state index contributed by atoms with van der Waals surface area (Å²) >= 11 is 4.31. The van der Waals surface area contributed by atoms with Gasteiger partial charge >= 0.3 is 0 Å². The molecule has 1 atom stereocenters. The van der Waals surface area contributed by atoms with Crippen molar-refractivity contribution in [2.24, 2.45) is 10.7 Å². The topological polar surface area (TPSA) is 63.5 Å². The summed E-state index contributed by atoms with van der Waals surface area (Å²) in [6, 6.07) is 9.68. The van der Waals surface area contributed by atoms with E-state index in [-0.39, 0.29) is 6.17 Å². The molecule has 1 aromatic carbocycles. The van der Waals surface area contributed by atoms with Crippen LogP contribution < -0.4 is 11.1 Å². The van der Waals surface area contributed by atoms with E-state index in [4.69, 9.17) is 10.2 Å². The Balaban J connectivity index is 2.05. The monoisotopic (exact) mass is 259 g/mol. The predicted octanol–water partition coefficient (Wildman–Crippen LogP) is 2.54. The Morgan fingerprint density at radius 1 is 1.33 bits per heavy atom. The Bertz CT molecular complexity index is 592. The first-order valence-corrected chi connectivity index (χ1v) is 6.29. The molecule has 0 saturated heterocycles. The number of anilines is 1. The Kier molecular flexibility index (Phi) is 2.76. The molecule has 3 rings (SSSR count). The van der Waals surface area contributed by atoms with Gasteiger partial charge in [0.1, 0.15) is 11.6 Å². The molecule has 0 bridgehead atoms. The fourth-order valence-electron chi connectivity index (χ4n) is 2.12. The average Bonchev–Trinajstić information content (AvgIpc) is 2.91. The molecule has 0 amide bonds. The van der Waals surface area contributed by atoms with E-state index in [0.717, 1.165) is 22.6 Å². The fourth-order valence-corrected chi connectivity index (χ4v) is 2.38. The van der Waals surface area contributed by atoms with Gasteiger partial charge < -0.3 is 15.5 Å². The molecule has 2 heterocycles. The number of amidine groups is 1. The van der Waals surface area contributed by atoms with Crippen LogP contribution in [0.25, 0.3) is 0 Å². The zero-order chi connectivity index (χ0) is 12.5. The van der Waals surface area contributed by atoms with E-state index in [1.807, 2.05) is 30.3 Å². The number of hydrogen-bond donors (Lipinski definition) is 3. The lowest BCUT2D eigenvalue weighted by atomic mass is 10.0. The molecule has 0 aliphatic carbocycles. The molecule has 1 aliphatic heterocycles. The molecule has 3 N–H and O–H groups in total. The number of rotatable bonds is 2. The molecule has 5 heteroatoms. The average molecular weight is 259 g/mol. The number of nitrogens with one attached hydrogen (secondary N) is 1. The molecule has 4 nitrogen and oxygen atoms in total. The van der Waals surface area contributed by atoms with E-state index in [2.05, 4.69) is 22.9 Å². The number of thiol groups is 1. The van der Waals surface area contributed by atoms with Crippen LogP contribution in [0.3, 0.4) is 0 Å². The molecular formula is C13H13N3OS. The van der Waals surface area contributed by atoms with Crippen molar-refractivity contribution in [1.29, 1.82) is 0 Å². The first kappa shape index (κ1) is 11.2. The van der Waals surface area contributed by atoms with Crippen molar-refractivity contribution >= 4 is 24.2 Å². The van der Waals surface area contributed by atoms with Crippen LogP contribution in [-0.2, 0) is 5.75 Å². The Labute approximate surface area is 110 Å². The summed E-state index contributed by atoms with van der Waals surface area (Å²) in [5, 5.41) is 3.31. The van der Waals surface area contributed by atoms with Gasteiger partial charge in [0.25, 0.3) is 0 Å². The second-order valence-electron chi connectivity index (χ2n) is 4.07. The lowest BCUT2D eigenvalue weighted by molar-refractivity contribution is 0.484. The normalized spacial score (nSPS) is 17.8. The smallest absolute Gasteiger partial charge is 0.179 e. The highest BCUT2D eigenvalue weighted by Crippen LogP contribution is 2.31. The first-order chi connectivity index (χ1) is 8.79. The van der Waals surface area contributed by atoms with Crippen LogP contribution in [0.2, 0.25) is 0 Å². The molecule has 1 unspecified atom stereocenters. The van der Waals surface area contributed by atoms with Crippen molar-refractivity contribution in [3.05, 3.63) is 53.5 Å². The molecule has 1 aromatic heterocycles. The van der Waals surface area contributed by atoms with Crippen molar-refractivity contribution in [2.45, 2.75) is 11.9 Å². The molecule has 0 radical (unpaired) electrons. The molecule has 0 spiro atoms. The van der Waals surface area contributed by atoms with Crippen LogP contribution >= 0.6 is 12.6 Å². The Morgan fingerprint density at radius 3 is 2.94 bits per heavy atom. The number of hydrogen-bond acceptors (Lipinski definition) is 5. The van der Waals surface area contributed by atoms with Gasteiger partial charge in [-0.25, -0.2) is 4.99 Å². The van der Waals surface area contributed by atoms with Crippen LogP contribution in [0, 0.1) is 0 Å². The van der Waals surface area contributed by atoms with Crippen LogP contribution in [0.4, 0.5) is 5.69 Å². The minimum Gasteiger partial charge on any atom is -0.465 e. The summed E-state index contributed by atoms with van der Waals surface area (Å²) in [6.45, 7) is 0. The second kappa shape index (κ2) is 4.42. The zero-order valence-corrected chi connectivity index (χ0v) is 10.5. The minimum atomic E-state index is -0.261. The van der Waals surface area contributed by atoms with Crippen molar-refractivity contribution in [3.63, 3.8) is 0 Å². The quantitative estimate of drug-likeness (QED) is 0.726. The molecule has 2 aromatic rings. The maximum atomic E-state index is 6.05. The van der Waals surface area contributed by atoms with E-state index in [9.17, 15) is 0 Å². The van der Waals surface area contributed by atoms with E-state index >= 15 is 0 Å². The summed E-state index contributed by atoms with van der Waals surface area (Å²) in [7, 11) is 0. The second-order valence-corrected chi connectivity index (χ2v) is 4.39. The number of furan rings is 1. The highest BCUT2D eigenvalue weighted by molar-refractivity contribution is 7.79. The summed E-state index contributed by atoms with van der Waals surface area (Å²) in [6.07, 6.45) is 1.37. The van der Waals surface area contributed by atoms with Gasteiger partial charge in [0.15, 0.2) is 6.17 Å². The van der Waals surface area contributed by atoms with Crippen molar-refractivity contribution in [3.8, 4) is 0 Å². The molecule has 0 fully saturated rings. The maximum Gasteiger partial charge on any atom is 0.179 e. The van der Waals surface area contributed by atoms with E-state index < -0.39 is 0 Å². The van der Waals surface area contributed by atoms with E-state index in [1.54, 1.807) is 6.26 Å². The Hall–Kier alpha value is -1.88. The summed E-state index contributed by atoms with van der Waals surface area (Å²) in [5.74, 6) is 1.90. The van der Waals surface area contributed by atoms with Crippen LogP contribution in [0.15, 0.2) is 46.0 Å². The third-order valence-electron chi connectivity index (χ3n) is 2.95. The SMILES string of the molecule is NC1=NC(c2ccco2)Nc2cccc(CS)c21. The molecule has 18 heavy (non-hydrogen) atoms. The van der Waals surface area contributed by atoms with Gasteiger partial charge in [-0.3, -0.25) is 0 Å². The fraction of sp³-hybridized carbons (Fsp3) is 0.154. The first-order valence-electron chi connectivity index (χ1n) is 5.66. The number of nitrogens with two attached hydrogens (primary N) is 1. The molecule has 1 aliphatic rings. The Morgan fingerprint density at radius 2 is 2.22 bits per heavy atom. The number of nitrogens with zero attached hydrogens (tertiary/aromatic N) is 1. The number of fused-ring (bicyclic) bond motifs is 1. The molecular weight excluding hydrogens is 246 g/mol. The van der Waals surface area contributed by atoms with E-state index in [0.29, 0.717) is 11.6 Å². The van der Waals surface area contributed by atoms with Gasteiger partial charge in [0.2, 0.25) is 0 Å². The van der Waals surface area contributed by atoms with Crippen LogP contribution in [0.5, 0.6) is 0 Å². The van der Waals surface area contributed by atoms with Crippen LogP contribution in [-0.4, -0.2) is 5.84 Å². The van der Waals surface area contributed by atoms with Crippen molar-refractivity contribution < 1.29 is 4.42 Å². The summed E-state index contributed by atoms with van der Waals surface area (Å²) < 4.78 is 5.35. The summed E-state index contributed by atoms with van der Waals surface area (Å²) in [5.41, 5.74) is 9.03. The molecule has 92 valence electrons. The van der Waals surface area contributed by atoms with Crippen LogP contribution in [0.1, 0.15) is 23.1 Å². The zero-order valence-electron chi connectivity index (χ0n) is 9.63. The summed E-state index contributed by atoms with van der Waals surface area (Å²) in [4.78, 5) is 4.43. The van der Waals surface area contributed by atoms with Crippen molar-refractivity contribution in [1.82, 2.24) is 0 Å². The lowest BCUT2D eigenvalue weighted by Gasteiger charge is -2.24. The highest BCUT2D eigenvalue weighted by Gasteiger charge is 2.23. The number of aliphatic imine (C=N–C) groups is 1. The number of benzene rings is 1.